The van der Waals surface area contributed by atoms with Crippen molar-refractivity contribution in [3.63, 3.8) is 0 Å². The third kappa shape index (κ3) is 0.760. The fraction of sp³-hybridized carbons (Fsp3) is 1.00. The van der Waals surface area contributed by atoms with Gasteiger partial charge in [-0.25, -0.2) is 0 Å². The summed E-state index contributed by atoms with van der Waals surface area (Å²) in [5, 5.41) is 8.94. The van der Waals surface area contributed by atoms with E-state index in [4.69, 9.17) is 9.84 Å². The molecule has 1 aliphatic carbocycles. The zero-order valence-corrected chi connectivity index (χ0v) is 5.29. The summed E-state index contributed by atoms with van der Waals surface area (Å²) >= 11 is 0. The normalized spacial score (nSPS) is 46.0. The number of aliphatic hydroxyl groups excluding tert-OH is 1. The molecule has 46 valence electrons. The minimum atomic E-state index is -0.111. The molecule has 0 saturated heterocycles. The summed E-state index contributed by atoms with van der Waals surface area (Å²) in [5.74, 6) is 0.347. The second-order valence-electron chi connectivity index (χ2n) is 2.44. The summed E-state index contributed by atoms with van der Waals surface area (Å²) in [7, 11) is 3.69. The molecule has 1 aliphatic rings. The van der Waals surface area contributed by atoms with Crippen molar-refractivity contribution in [1.29, 1.82) is 0 Å². The van der Waals surface area contributed by atoms with Crippen LogP contribution >= 0.6 is 0 Å². The van der Waals surface area contributed by atoms with E-state index in [0.29, 0.717) is 11.9 Å². The second kappa shape index (κ2) is 2.07. The van der Waals surface area contributed by atoms with Crippen LogP contribution in [0, 0.1) is 0 Å². The van der Waals surface area contributed by atoms with Crippen LogP contribution in [0.25, 0.3) is 0 Å². The minimum absolute atomic E-state index is 0.111. The van der Waals surface area contributed by atoms with E-state index in [9.17, 15) is 0 Å². The van der Waals surface area contributed by atoms with Crippen LogP contribution in [0.4, 0.5) is 0 Å². The van der Waals surface area contributed by atoms with Crippen LogP contribution in [0.15, 0.2) is 0 Å². The molecule has 1 N–H and O–H groups in total. The molecule has 0 aliphatic heterocycles. The van der Waals surface area contributed by atoms with Gasteiger partial charge in [0.2, 0.25) is 0 Å². The molecule has 0 aromatic rings. The van der Waals surface area contributed by atoms with Crippen LogP contribution in [0.3, 0.4) is 0 Å². The Morgan fingerprint density at radius 1 is 1.75 bits per heavy atom. The Morgan fingerprint density at radius 3 is 2.50 bits per heavy atom. The van der Waals surface area contributed by atoms with Crippen molar-refractivity contribution >= 4 is 7.85 Å². The number of hydrogen-bond acceptors (Lipinski definition) is 2. The molecule has 0 aromatic carbocycles. The van der Waals surface area contributed by atoms with E-state index in [2.05, 4.69) is 0 Å². The standard InChI is InChI=1S/C5H11BO2/c1-8-4-2-3(7)5(4)6/h3-5,7H,2,6H2,1H3. The van der Waals surface area contributed by atoms with Gasteiger partial charge in [-0.2, -0.15) is 0 Å². The zero-order chi connectivity index (χ0) is 6.15. The number of rotatable bonds is 1. The van der Waals surface area contributed by atoms with Gasteiger partial charge in [0.1, 0.15) is 7.85 Å². The Balaban J connectivity index is 2.25. The lowest BCUT2D eigenvalue weighted by molar-refractivity contribution is -0.0482. The van der Waals surface area contributed by atoms with Crippen LogP contribution in [0.1, 0.15) is 6.42 Å². The van der Waals surface area contributed by atoms with Crippen molar-refractivity contribution in [2.45, 2.75) is 24.4 Å². The summed E-state index contributed by atoms with van der Waals surface area (Å²) in [5.41, 5.74) is 0. The molecule has 0 spiro atoms. The number of methoxy groups -OCH3 is 1. The lowest BCUT2D eigenvalue weighted by atomic mass is 9.66. The molecule has 3 atom stereocenters. The van der Waals surface area contributed by atoms with Crippen molar-refractivity contribution in [3.05, 3.63) is 0 Å². The molecule has 0 aromatic heterocycles. The van der Waals surface area contributed by atoms with Crippen molar-refractivity contribution < 1.29 is 9.84 Å². The summed E-state index contributed by atoms with van der Waals surface area (Å²) in [6.07, 6.45) is 1.02. The van der Waals surface area contributed by atoms with Crippen LogP contribution in [0.2, 0.25) is 5.82 Å². The van der Waals surface area contributed by atoms with E-state index in [1.165, 1.54) is 0 Å². The van der Waals surface area contributed by atoms with Crippen LogP contribution in [0.5, 0.6) is 0 Å². The first-order valence-corrected chi connectivity index (χ1v) is 2.96. The second-order valence-corrected chi connectivity index (χ2v) is 2.44. The first-order chi connectivity index (χ1) is 3.75. The summed E-state index contributed by atoms with van der Waals surface area (Å²) in [4.78, 5) is 0. The average molecular weight is 114 g/mol. The van der Waals surface area contributed by atoms with E-state index in [0.717, 1.165) is 6.42 Å². The molecule has 1 rings (SSSR count). The molecule has 0 bridgehead atoms. The third-order valence-corrected chi connectivity index (χ3v) is 1.97. The van der Waals surface area contributed by atoms with Gasteiger partial charge in [0.05, 0.1) is 12.2 Å². The first kappa shape index (κ1) is 6.11. The Labute approximate surface area is 50.3 Å². The van der Waals surface area contributed by atoms with E-state index in [1.54, 1.807) is 7.11 Å². The maximum Gasteiger partial charge on any atom is 0.112 e. The molecule has 0 radical (unpaired) electrons. The minimum Gasteiger partial charge on any atom is -0.393 e. The molecular weight excluding hydrogens is 103 g/mol. The highest BCUT2D eigenvalue weighted by Gasteiger charge is 2.35. The molecule has 3 heteroatoms. The van der Waals surface area contributed by atoms with Crippen molar-refractivity contribution in [1.82, 2.24) is 0 Å². The third-order valence-electron chi connectivity index (χ3n) is 1.97. The SMILES string of the molecule is BC1C(O)CC1OC. The van der Waals surface area contributed by atoms with Crippen molar-refractivity contribution in [2.75, 3.05) is 7.11 Å². The van der Waals surface area contributed by atoms with Gasteiger partial charge < -0.3 is 9.84 Å². The van der Waals surface area contributed by atoms with Gasteiger partial charge in [0.15, 0.2) is 0 Å². The predicted molar refractivity (Wildman–Crippen MR) is 33.7 cm³/mol. The molecule has 0 amide bonds. The van der Waals surface area contributed by atoms with Crippen LogP contribution in [-0.2, 0) is 4.74 Å². The van der Waals surface area contributed by atoms with E-state index < -0.39 is 0 Å². The summed E-state index contributed by atoms with van der Waals surface area (Å²) in [6.45, 7) is 0. The first-order valence-electron chi connectivity index (χ1n) is 2.96. The fourth-order valence-corrected chi connectivity index (χ4v) is 1.03. The Hall–Kier alpha value is -0.0151. The van der Waals surface area contributed by atoms with Gasteiger partial charge in [-0.05, 0) is 12.2 Å². The zero-order valence-electron chi connectivity index (χ0n) is 5.29. The predicted octanol–water partition coefficient (Wildman–Crippen LogP) is -0.812. The average Bonchev–Trinajstić information content (AvgIpc) is 1.81. The molecule has 1 saturated carbocycles. The van der Waals surface area contributed by atoms with Gasteiger partial charge in [-0.15, -0.1) is 0 Å². The van der Waals surface area contributed by atoms with Crippen LogP contribution in [-0.4, -0.2) is 32.3 Å². The molecule has 8 heavy (non-hydrogen) atoms. The van der Waals surface area contributed by atoms with E-state index in [1.807, 2.05) is 7.85 Å². The highest BCUT2D eigenvalue weighted by molar-refractivity contribution is 6.13. The van der Waals surface area contributed by atoms with Gasteiger partial charge in [-0.1, -0.05) is 0 Å². The van der Waals surface area contributed by atoms with E-state index >= 15 is 0 Å². The lowest BCUT2D eigenvalue weighted by Crippen LogP contribution is -2.42. The monoisotopic (exact) mass is 114 g/mol. The Kier molecular flexibility index (Phi) is 1.58. The maximum atomic E-state index is 8.94. The van der Waals surface area contributed by atoms with Crippen molar-refractivity contribution in [2.24, 2.45) is 0 Å². The van der Waals surface area contributed by atoms with Crippen LogP contribution < -0.4 is 0 Å². The molecule has 1 fully saturated rings. The largest absolute Gasteiger partial charge is 0.393 e. The number of hydrogen-bond donors (Lipinski definition) is 1. The number of aliphatic hydroxyl groups is 1. The fourth-order valence-electron chi connectivity index (χ4n) is 1.03. The topological polar surface area (TPSA) is 29.5 Å². The lowest BCUT2D eigenvalue weighted by Gasteiger charge is -2.38. The smallest absolute Gasteiger partial charge is 0.112 e. The Bertz CT molecular complexity index is 86.5. The molecule has 2 nitrogen and oxygen atoms in total. The molecule has 3 unspecified atom stereocenters. The quantitative estimate of drug-likeness (QED) is 0.451. The maximum absolute atomic E-state index is 8.94. The summed E-state index contributed by atoms with van der Waals surface area (Å²) in [6, 6.07) is 0. The molecule has 0 heterocycles. The van der Waals surface area contributed by atoms with E-state index in [-0.39, 0.29) is 6.10 Å². The summed E-state index contributed by atoms with van der Waals surface area (Å²) < 4.78 is 5.01. The highest BCUT2D eigenvalue weighted by atomic mass is 16.5. The Morgan fingerprint density at radius 2 is 2.38 bits per heavy atom. The van der Waals surface area contributed by atoms with Gasteiger partial charge in [-0.3, -0.25) is 0 Å². The molecular formula is C5H11BO2. The van der Waals surface area contributed by atoms with Gasteiger partial charge in [0, 0.05) is 7.11 Å². The van der Waals surface area contributed by atoms with Gasteiger partial charge >= 0.3 is 0 Å². The highest BCUT2D eigenvalue weighted by Crippen LogP contribution is 2.32. The number of ether oxygens (including phenoxy) is 1. The van der Waals surface area contributed by atoms with Gasteiger partial charge in [0.25, 0.3) is 0 Å². The van der Waals surface area contributed by atoms with Crippen molar-refractivity contribution in [3.8, 4) is 0 Å².